The molecule has 5 heteroatoms. The Labute approximate surface area is 361 Å². The van der Waals surface area contributed by atoms with Crippen LogP contribution in [0.3, 0.4) is 0 Å². The lowest BCUT2D eigenvalue weighted by Crippen LogP contribution is -1.94. The fourth-order valence-corrected chi connectivity index (χ4v) is 9.44. The third-order valence-corrected chi connectivity index (χ3v) is 12.4. The van der Waals surface area contributed by atoms with E-state index in [4.69, 9.17) is 18.8 Å². The third-order valence-electron chi connectivity index (χ3n) is 12.4. The van der Waals surface area contributed by atoms with E-state index in [2.05, 4.69) is 174 Å². The zero-order chi connectivity index (χ0) is 41.4. The maximum atomic E-state index is 6.73. The average Bonchev–Trinajstić information content (AvgIpc) is 4.03. The van der Waals surface area contributed by atoms with E-state index >= 15 is 0 Å². The van der Waals surface area contributed by atoms with Crippen molar-refractivity contribution < 1.29 is 8.83 Å². The summed E-state index contributed by atoms with van der Waals surface area (Å²) in [6, 6.07) is 74.5. The maximum absolute atomic E-state index is 6.73. The normalized spacial score (nSPS) is 11.8. The van der Waals surface area contributed by atoms with Gasteiger partial charge in [-0.15, -0.1) is 0 Å². The van der Waals surface area contributed by atoms with Crippen LogP contribution in [-0.4, -0.2) is 14.5 Å². The van der Waals surface area contributed by atoms with Gasteiger partial charge in [-0.2, -0.15) is 0 Å². The minimum Gasteiger partial charge on any atom is -0.456 e. The van der Waals surface area contributed by atoms with E-state index in [1.807, 2.05) is 42.5 Å². The van der Waals surface area contributed by atoms with Crippen molar-refractivity contribution in [2.45, 2.75) is 0 Å². The van der Waals surface area contributed by atoms with Crippen molar-refractivity contribution in [3.63, 3.8) is 0 Å². The molecule has 0 N–H and O–H groups in total. The topological polar surface area (TPSA) is 57.0 Å². The number of nitrogens with zero attached hydrogens (tertiary/aromatic N) is 3. The SMILES string of the molecule is c1ccc(-c2cccc(-n3c4ccccc4c4cc(-c5ccc6oc7cccc(-c8nc(-c9ccccc9)nc9c8oc8ccc(-c%10ccccc%10)cc89)c7c6c5)ccc43)c2)cc1. The summed E-state index contributed by atoms with van der Waals surface area (Å²) in [6.07, 6.45) is 0. The fraction of sp³-hybridized carbons (Fsp3) is 0. The summed E-state index contributed by atoms with van der Waals surface area (Å²) in [4.78, 5) is 10.5. The number of aromatic nitrogens is 3. The molecule has 4 aromatic heterocycles. The number of hydrogen-bond acceptors (Lipinski definition) is 4. The summed E-state index contributed by atoms with van der Waals surface area (Å²) in [6.45, 7) is 0. The van der Waals surface area contributed by atoms with Crippen LogP contribution in [0.5, 0.6) is 0 Å². The van der Waals surface area contributed by atoms with Gasteiger partial charge in [0.1, 0.15) is 28.0 Å². The second kappa shape index (κ2) is 14.0. The van der Waals surface area contributed by atoms with Gasteiger partial charge < -0.3 is 13.4 Å². The second-order valence-corrected chi connectivity index (χ2v) is 16.1. The number of rotatable bonds is 6. The molecular formula is C58H35N3O2. The Morgan fingerprint density at radius 3 is 1.68 bits per heavy atom. The van der Waals surface area contributed by atoms with Gasteiger partial charge >= 0.3 is 0 Å². The summed E-state index contributed by atoms with van der Waals surface area (Å²) in [5, 5.41) is 5.34. The average molecular weight is 806 g/mol. The molecule has 0 saturated carbocycles. The molecule has 0 saturated heterocycles. The molecule has 4 heterocycles. The molecule has 0 radical (unpaired) electrons. The largest absolute Gasteiger partial charge is 0.456 e. The molecule has 0 aliphatic rings. The lowest BCUT2D eigenvalue weighted by Gasteiger charge is -2.11. The molecular weight excluding hydrogens is 771 g/mol. The van der Waals surface area contributed by atoms with Crippen molar-refractivity contribution >= 4 is 65.8 Å². The zero-order valence-electron chi connectivity index (χ0n) is 33.9. The molecule has 0 aliphatic heterocycles. The molecule has 9 aromatic carbocycles. The summed E-state index contributed by atoms with van der Waals surface area (Å²) >= 11 is 0. The van der Waals surface area contributed by atoms with Gasteiger partial charge in [0.25, 0.3) is 0 Å². The molecule has 0 unspecified atom stereocenters. The van der Waals surface area contributed by atoms with Crippen molar-refractivity contribution in [1.29, 1.82) is 0 Å². The highest BCUT2D eigenvalue weighted by molar-refractivity contribution is 6.17. The number of para-hydroxylation sites is 1. The predicted molar refractivity (Wildman–Crippen MR) is 258 cm³/mol. The third kappa shape index (κ3) is 5.71. The molecule has 0 spiro atoms. The lowest BCUT2D eigenvalue weighted by atomic mass is 9.98. The zero-order valence-corrected chi connectivity index (χ0v) is 33.9. The Kier molecular flexibility index (Phi) is 7.84. The van der Waals surface area contributed by atoms with E-state index in [1.54, 1.807) is 0 Å². The Morgan fingerprint density at radius 1 is 0.349 bits per heavy atom. The van der Waals surface area contributed by atoms with E-state index in [0.717, 1.165) is 88.7 Å². The Hall–Kier alpha value is -8.54. The molecule has 13 rings (SSSR count). The van der Waals surface area contributed by atoms with Crippen LogP contribution in [-0.2, 0) is 0 Å². The van der Waals surface area contributed by atoms with Crippen LogP contribution >= 0.6 is 0 Å². The number of hydrogen-bond donors (Lipinski definition) is 0. The van der Waals surface area contributed by atoms with Gasteiger partial charge in [-0.05, 0) is 94.0 Å². The highest BCUT2D eigenvalue weighted by Gasteiger charge is 2.23. The van der Waals surface area contributed by atoms with Crippen molar-refractivity contribution in [2.75, 3.05) is 0 Å². The van der Waals surface area contributed by atoms with Gasteiger partial charge in [0.2, 0.25) is 0 Å². The van der Waals surface area contributed by atoms with Gasteiger partial charge in [0, 0.05) is 43.7 Å². The fourth-order valence-electron chi connectivity index (χ4n) is 9.44. The van der Waals surface area contributed by atoms with E-state index in [0.29, 0.717) is 11.4 Å². The first-order valence-corrected chi connectivity index (χ1v) is 21.2. The summed E-state index contributed by atoms with van der Waals surface area (Å²) < 4.78 is 15.7. The minimum atomic E-state index is 0.635. The van der Waals surface area contributed by atoms with Crippen LogP contribution in [0.1, 0.15) is 0 Å². The Morgan fingerprint density at radius 2 is 0.921 bits per heavy atom. The van der Waals surface area contributed by atoms with Gasteiger partial charge in [-0.1, -0.05) is 152 Å². The first-order valence-electron chi connectivity index (χ1n) is 21.2. The Balaban J connectivity index is 0.990. The summed E-state index contributed by atoms with van der Waals surface area (Å²) in [5.41, 5.74) is 16.6. The molecule has 5 nitrogen and oxygen atoms in total. The smallest absolute Gasteiger partial charge is 0.180 e. The van der Waals surface area contributed by atoms with E-state index in [9.17, 15) is 0 Å². The second-order valence-electron chi connectivity index (χ2n) is 16.1. The number of benzene rings is 9. The van der Waals surface area contributed by atoms with E-state index < -0.39 is 0 Å². The van der Waals surface area contributed by atoms with Crippen LogP contribution in [0.25, 0.3) is 128 Å². The first kappa shape index (κ1) is 35.2. The van der Waals surface area contributed by atoms with Gasteiger partial charge in [-0.25, -0.2) is 9.97 Å². The molecule has 294 valence electrons. The molecule has 0 atom stereocenters. The maximum Gasteiger partial charge on any atom is 0.180 e. The van der Waals surface area contributed by atoms with Crippen molar-refractivity contribution in [1.82, 2.24) is 14.5 Å². The summed E-state index contributed by atoms with van der Waals surface area (Å²) in [5.74, 6) is 0.635. The molecule has 0 bridgehead atoms. The van der Waals surface area contributed by atoms with Crippen molar-refractivity contribution in [2.24, 2.45) is 0 Å². The number of furan rings is 2. The van der Waals surface area contributed by atoms with Crippen LogP contribution < -0.4 is 0 Å². The van der Waals surface area contributed by atoms with E-state index in [1.165, 1.54) is 27.4 Å². The highest BCUT2D eigenvalue weighted by Crippen LogP contribution is 2.44. The number of fused-ring (bicyclic) bond motifs is 9. The lowest BCUT2D eigenvalue weighted by molar-refractivity contribution is 0.667. The van der Waals surface area contributed by atoms with Crippen LogP contribution in [0.4, 0.5) is 0 Å². The quantitative estimate of drug-likeness (QED) is 0.168. The predicted octanol–water partition coefficient (Wildman–Crippen LogP) is 15.7. The van der Waals surface area contributed by atoms with Gasteiger partial charge in [0.15, 0.2) is 11.4 Å². The van der Waals surface area contributed by atoms with Crippen molar-refractivity contribution in [3.05, 3.63) is 212 Å². The van der Waals surface area contributed by atoms with Crippen LogP contribution in [0, 0.1) is 0 Å². The molecule has 0 aliphatic carbocycles. The molecule has 13 aromatic rings. The summed E-state index contributed by atoms with van der Waals surface area (Å²) in [7, 11) is 0. The van der Waals surface area contributed by atoms with Gasteiger partial charge in [-0.3, -0.25) is 0 Å². The van der Waals surface area contributed by atoms with Crippen LogP contribution in [0.2, 0.25) is 0 Å². The molecule has 0 fully saturated rings. The Bertz CT molecular complexity index is 3900. The van der Waals surface area contributed by atoms with Gasteiger partial charge in [0.05, 0.1) is 11.0 Å². The highest BCUT2D eigenvalue weighted by atomic mass is 16.3. The molecule has 0 amide bonds. The van der Waals surface area contributed by atoms with E-state index in [-0.39, 0.29) is 0 Å². The molecule has 63 heavy (non-hydrogen) atoms. The first-order chi connectivity index (χ1) is 31.2. The minimum absolute atomic E-state index is 0.635. The van der Waals surface area contributed by atoms with Crippen molar-refractivity contribution in [3.8, 4) is 61.7 Å². The van der Waals surface area contributed by atoms with Crippen LogP contribution in [0.15, 0.2) is 221 Å². The monoisotopic (exact) mass is 805 g/mol. The standard InChI is InChI=1S/C58H35N3O2/c1-4-14-36(15-5-1)39-20-12-21-43(32-39)61-49-24-11-10-22-44(49)46-33-41(26-29-50(46)61)42-28-30-51-47(34-42)54-45(23-13-25-53(54)62-51)55-57-56(60-58(59-55)38-18-8-3-9-19-38)48-35-40(27-31-52(48)63-57)37-16-6-2-7-17-37/h1-35H.